The molecule has 2 aromatic heterocycles. The molecule has 0 radical (unpaired) electrons. The van der Waals surface area contributed by atoms with E-state index >= 15 is 0 Å². The number of thiophene rings is 1. The molecule has 6 nitrogen and oxygen atoms in total. The third kappa shape index (κ3) is 3.60. The van der Waals surface area contributed by atoms with Gasteiger partial charge in [0.1, 0.15) is 0 Å². The molecule has 1 N–H and O–H groups in total. The van der Waals surface area contributed by atoms with Gasteiger partial charge < -0.3 is 19.6 Å². The Morgan fingerprint density at radius 1 is 1.23 bits per heavy atom. The van der Waals surface area contributed by atoms with Gasteiger partial charge in [-0.2, -0.15) is 0 Å². The molecule has 2 aliphatic rings. The molecule has 0 unspecified atom stereocenters. The van der Waals surface area contributed by atoms with Crippen LogP contribution in [-0.4, -0.2) is 66.4 Å². The molecule has 4 rings (SSSR count). The Morgan fingerprint density at radius 2 is 2.00 bits per heavy atom. The molecule has 0 aliphatic carbocycles. The van der Waals surface area contributed by atoms with Crippen LogP contribution in [0.15, 0.2) is 30.6 Å². The average molecular weight is 373 g/mol. The number of piperidine rings is 1. The lowest BCUT2D eigenvalue weighted by molar-refractivity contribution is 0.0478. The highest BCUT2D eigenvalue weighted by Crippen LogP contribution is 2.39. The van der Waals surface area contributed by atoms with Crippen molar-refractivity contribution in [1.29, 1.82) is 0 Å². The molecule has 7 heteroatoms. The van der Waals surface area contributed by atoms with E-state index in [0.717, 1.165) is 46.9 Å². The summed E-state index contributed by atoms with van der Waals surface area (Å²) in [6.45, 7) is 4.20. The van der Waals surface area contributed by atoms with E-state index in [1.165, 1.54) is 0 Å². The molecular formula is C19H23N3O3S. The largest absolute Gasteiger partial charge is 0.391 e. The van der Waals surface area contributed by atoms with Crippen LogP contribution < -0.4 is 4.90 Å². The molecule has 0 spiro atoms. The second-order valence-electron chi connectivity index (χ2n) is 6.71. The second-order valence-corrected chi connectivity index (χ2v) is 7.74. The standard InChI is InChI=1S/C19H23N3O3S/c23-15-2-1-7-22(13-15)18(24)17-12-16(14-3-5-20-6-4-14)19(26-17)21-8-10-25-11-9-21/h3-6,12,15,23H,1-2,7-11,13H2/t15-/m1/s1. The van der Waals surface area contributed by atoms with E-state index in [4.69, 9.17) is 4.74 Å². The fraction of sp³-hybridized carbons (Fsp3) is 0.474. The molecule has 2 aliphatic heterocycles. The van der Waals surface area contributed by atoms with Crippen molar-refractivity contribution in [2.24, 2.45) is 0 Å². The molecule has 26 heavy (non-hydrogen) atoms. The Bertz CT molecular complexity index is 759. The number of nitrogens with zero attached hydrogens (tertiary/aromatic N) is 3. The van der Waals surface area contributed by atoms with E-state index < -0.39 is 6.10 Å². The summed E-state index contributed by atoms with van der Waals surface area (Å²) in [4.78, 5) is 21.9. The van der Waals surface area contributed by atoms with Gasteiger partial charge in [-0.05, 0) is 36.6 Å². The summed E-state index contributed by atoms with van der Waals surface area (Å²) in [6.07, 6.45) is 4.77. The van der Waals surface area contributed by atoms with E-state index in [0.29, 0.717) is 26.3 Å². The molecule has 2 saturated heterocycles. The lowest BCUT2D eigenvalue weighted by Gasteiger charge is -2.30. The molecule has 138 valence electrons. The number of likely N-dealkylation sites (tertiary alicyclic amines) is 1. The highest BCUT2D eigenvalue weighted by atomic mass is 32.1. The number of carbonyl (C=O) groups is 1. The van der Waals surface area contributed by atoms with E-state index in [1.807, 2.05) is 18.2 Å². The van der Waals surface area contributed by atoms with Crippen LogP contribution in [0.1, 0.15) is 22.5 Å². The number of pyridine rings is 1. The van der Waals surface area contributed by atoms with Crippen LogP contribution in [0.5, 0.6) is 0 Å². The number of anilines is 1. The number of hydrogen-bond acceptors (Lipinski definition) is 6. The molecule has 2 fully saturated rings. The monoisotopic (exact) mass is 373 g/mol. The number of ether oxygens (including phenoxy) is 1. The van der Waals surface area contributed by atoms with Gasteiger partial charge in [0.05, 0.1) is 29.2 Å². The lowest BCUT2D eigenvalue weighted by Crippen LogP contribution is -2.41. The minimum Gasteiger partial charge on any atom is -0.391 e. The Morgan fingerprint density at radius 3 is 2.73 bits per heavy atom. The van der Waals surface area contributed by atoms with E-state index in [1.54, 1.807) is 28.6 Å². The molecule has 0 saturated carbocycles. The van der Waals surface area contributed by atoms with Crippen molar-refractivity contribution in [3.8, 4) is 11.1 Å². The first kappa shape index (κ1) is 17.5. The molecule has 4 heterocycles. The highest BCUT2D eigenvalue weighted by Gasteiger charge is 2.27. The van der Waals surface area contributed by atoms with Gasteiger partial charge in [-0.3, -0.25) is 9.78 Å². The Balaban J connectivity index is 1.67. The van der Waals surface area contributed by atoms with Gasteiger partial charge in [0.2, 0.25) is 0 Å². The second kappa shape index (κ2) is 7.73. The van der Waals surface area contributed by atoms with Crippen LogP contribution in [-0.2, 0) is 4.74 Å². The van der Waals surface area contributed by atoms with Crippen molar-refractivity contribution < 1.29 is 14.6 Å². The van der Waals surface area contributed by atoms with Gasteiger partial charge in [-0.1, -0.05) is 0 Å². The number of rotatable bonds is 3. The number of aromatic nitrogens is 1. The van der Waals surface area contributed by atoms with Crippen molar-refractivity contribution in [3.05, 3.63) is 35.5 Å². The van der Waals surface area contributed by atoms with Crippen molar-refractivity contribution in [3.63, 3.8) is 0 Å². The van der Waals surface area contributed by atoms with Crippen LogP contribution in [0.2, 0.25) is 0 Å². The minimum atomic E-state index is -0.411. The first-order valence-corrected chi connectivity index (χ1v) is 9.88. The van der Waals surface area contributed by atoms with E-state index in [9.17, 15) is 9.90 Å². The molecular weight excluding hydrogens is 350 g/mol. The van der Waals surface area contributed by atoms with Crippen molar-refractivity contribution in [2.45, 2.75) is 18.9 Å². The maximum Gasteiger partial charge on any atom is 0.264 e. The third-order valence-corrected chi connectivity index (χ3v) is 6.08. The molecule has 1 amide bonds. The zero-order chi connectivity index (χ0) is 17.9. The minimum absolute atomic E-state index is 0.0172. The van der Waals surface area contributed by atoms with Crippen molar-refractivity contribution in [2.75, 3.05) is 44.3 Å². The van der Waals surface area contributed by atoms with Gasteiger partial charge >= 0.3 is 0 Å². The molecule has 2 aromatic rings. The SMILES string of the molecule is O=C(c1cc(-c2ccncc2)c(N2CCOCC2)s1)N1CCC[C@@H](O)C1. The zero-order valence-corrected chi connectivity index (χ0v) is 15.5. The lowest BCUT2D eigenvalue weighted by atomic mass is 10.1. The highest BCUT2D eigenvalue weighted by molar-refractivity contribution is 7.18. The fourth-order valence-corrected chi connectivity index (χ4v) is 4.72. The Hall–Kier alpha value is -1.96. The first-order valence-electron chi connectivity index (χ1n) is 9.06. The van der Waals surface area contributed by atoms with E-state index in [2.05, 4.69) is 9.88 Å². The number of amides is 1. The summed E-state index contributed by atoms with van der Waals surface area (Å²) in [7, 11) is 0. The first-order chi connectivity index (χ1) is 12.7. The topological polar surface area (TPSA) is 65.9 Å². The molecule has 1 atom stereocenters. The number of aliphatic hydroxyl groups is 1. The van der Waals surface area contributed by atoms with Gasteiger partial charge in [0.15, 0.2) is 0 Å². The van der Waals surface area contributed by atoms with Crippen molar-refractivity contribution >= 4 is 22.2 Å². The summed E-state index contributed by atoms with van der Waals surface area (Å²) in [6, 6.07) is 5.95. The van der Waals surface area contributed by atoms with Crippen molar-refractivity contribution in [1.82, 2.24) is 9.88 Å². The Labute approximate surface area is 157 Å². The summed E-state index contributed by atoms with van der Waals surface area (Å²) in [5.74, 6) is 0.0172. The Kier molecular flexibility index (Phi) is 5.19. The number of carbonyl (C=O) groups excluding carboxylic acids is 1. The maximum atomic E-state index is 13.0. The van der Waals surface area contributed by atoms with Crippen LogP contribution >= 0.6 is 11.3 Å². The number of aliphatic hydroxyl groups excluding tert-OH is 1. The maximum absolute atomic E-state index is 13.0. The summed E-state index contributed by atoms with van der Waals surface area (Å²) in [5, 5.41) is 11.0. The van der Waals surface area contributed by atoms with Gasteiger partial charge in [0.25, 0.3) is 5.91 Å². The van der Waals surface area contributed by atoms with Crippen LogP contribution in [0.25, 0.3) is 11.1 Å². The summed E-state index contributed by atoms with van der Waals surface area (Å²) >= 11 is 1.54. The number of β-amino-alcohol motifs (C(OH)–C–C–N with tert-alkyl or cyclic N) is 1. The van der Waals surface area contributed by atoms with Gasteiger partial charge in [-0.15, -0.1) is 11.3 Å². The van der Waals surface area contributed by atoms with E-state index in [-0.39, 0.29) is 5.91 Å². The fourth-order valence-electron chi connectivity index (χ4n) is 3.52. The smallest absolute Gasteiger partial charge is 0.264 e. The average Bonchev–Trinajstić information content (AvgIpc) is 3.14. The van der Waals surface area contributed by atoms with Crippen LogP contribution in [0.3, 0.4) is 0 Å². The number of morpholine rings is 1. The molecule has 0 bridgehead atoms. The summed E-state index contributed by atoms with van der Waals surface area (Å²) in [5.41, 5.74) is 2.13. The number of hydrogen-bond donors (Lipinski definition) is 1. The normalized spacial score (nSPS) is 21.0. The van der Waals surface area contributed by atoms with Gasteiger partial charge in [-0.25, -0.2) is 0 Å². The molecule has 0 aromatic carbocycles. The third-order valence-electron chi connectivity index (χ3n) is 4.90. The van der Waals surface area contributed by atoms with Gasteiger partial charge in [0, 0.05) is 44.1 Å². The van der Waals surface area contributed by atoms with Crippen LogP contribution in [0.4, 0.5) is 5.00 Å². The predicted octanol–water partition coefficient (Wildman–Crippen LogP) is 2.24. The zero-order valence-electron chi connectivity index (χ0n) is 14.6. The van der Waals surface area contributed by atoms with Crippen LogP contribution in [0, 0.1) is 0 Å². The summed E-state index contributed by atoms with van der Waals surface area (Å²) < 4.78 is 5.48. The predicted molar refractivity (Wildman–Crippen MR) is 102 cm³/mol. The quantitative estimate of drug-likeness (QED) is 0.894.